The Bertz CT molecular complexity index is 2370. The van der Waals surface area contributed by atoms with Gasteiger partial charge in [0.15, 0.2) is 0 Å². The van der Waals surface area contributed by atoms with Crippen molar-refractivity contribution in [3.63, 3.8) is 0 Å². The van der Waals surface area contributed by atoms with Gasteiger partial charge in [-0.25, -0.2) is 14.4 Å². The van der Waals surface area contributed by atoms with E-state index in [0.29, 0.717) is 48.4 Å². The number of carboxylic acid groups (broad SMARTS) is 2. The summed E-state index contributed by atoms with van der Waals surface area (Å²) in [6.45, 7) is 10.1. The van der Waals surface area contributed by atoms with Crippen LogP contribution in [0.25, 0.3) is 0 Å². The molecule has 2 saturated heterocycles. The molecule has 344 valence electrons. The third kappa shape index (κ3) is 20.1. The summed E-state index contributed by atoms with van der Waals surface area (Å²) < 4.78 is 36.5. The fraction of sp³-hybridized carbons (Fsp3) is 0.140. The van der Waals surface area contributed by atoms with E-state index in [9.17, 15) is 14.4 Å². The zero-order chi connectivity index (χ0) is 47.7. The van der Waals surface area contributed by atoms with Gasteiger partial charge in [0.2, 0.25) is 0 Å². The highest BCUT2D eigenvalue weighted by Gasteiger charge is 2.23. The lowest BCUT2D eigenvalue weighted by atomic mass is 10.2. The molecule has 0 aliphatic carbocycles. The highest BCUT2D eigenvalue weighted by molar-refractivity contribution is 5.91. The number of hydrogen-bond acceptors (Lipinski definition) is 14. The van der Waals surface area contributed by atoms with Crippen LogP contribution < -0.4 is 23.7 Å². The molecule has 0 radical (unpaired) electrons. The number of benzene rings is 6. The molecule has 2 atom stereocenters. The van der Waals surface area contributed by atoms with Crippen LogP contribution in [-0.4, -0.2) is 93.8 Å². The second kappa shape index (κ2) is 26.9. The fourth-order valence-electron chi connectivity index (χ4n) is 4.69. The van der Waals surface area contributed by atoms with Crippen molar-refractivity contribution >= 4 is 17.9 Å². The molecule has 2 unspecified atom stereocenters. The number of phenolic OH excluding ortho intramolecular Hbond substituents is 4. The molecule has 16 heteroatoms. The van der Waals surface area contributed by atoms with Crippen LogP contribution in [0.3, 0.4) is 0 Å². The van der Waals surface area contributed by atoms with E-state index in [0.717, 1.165) is 19.0 Å². The molecule has 0 saturated carbocycles. The van der Waals surface area contributed by atoms with Crippen LogP contribution >= 0.6 is 0 Å². The molecule has 0 spiro atoms. The molecule has 2 fully saturated rings. The van der Waals surface area contributed by atoms with Gasteiger partial charge in [0.25, 0.3) is 0 Å². The first-order valence-corrected chi connectivity index (χ1v) is 19.9. The minimum Gasteiger partial charge on any atom is -0.508 e. The largest absolute Gasteiger partial charge is 0.508 e. The summed E-state index contributed by atoms with van der Waals surface area (Å²) in [6.07, 6.45) is 3.43. The summed E-state index contributed by atoms with van der Waals surface area (Å²) in [5, 5.41) is 52.0. The van der Waals surface area contributed by atoms with Gasteiger partial charge in [-0.05, 0) is 146 Å². The molecule has 2 heterocycles. The maximum absolute atomic E-state index is 12.1. The average Bonchev–Trinajstić information content (AvgIpc) is 4.28. The van der Waals surface area contributed by atoms with Crippen molar-refractivity contribution in [2.75, 3.05) is 33.0 Å². The maximum Gasteiger partial charge on any atom is 0.343 e. The number of ether oxygens (including phenoxy) is 7. The van der Waals surface area contributed by atoms with Crippen LogP contribution in [0.15, 0.2) is 171 Å². The first-order valence-electron chi connectivity index (χ1n) is 19.9. The van der Waals surface area contributed by atoms with Gasteiger partial charge < -0.3 is 63.8 Å². The van der Waals surface area contributed by atoms with Crippen molar-refractivity contribution in [2.45, 2.75) is 12.2 Å². The summed E-state index contributed by atoms with van der Waals surface area (Å²) in [5.41, 5.74) is 0.893. The Balaban J connectivity index is 0.000000191. The van der Waals surface area contributed by atoms with E-state index < -0.39 is 17.9 Å². The number of epoxide rings is 2. The summed E-state index contributed by atoms with van der Waals surface area (Å²) in [7, 11) is 0. The SMILES string of the molecule is C=CCOc1ccc(O)cc1.C=COc1ccc(OC(=O)c2ccc(OCC3CO3)cc2)cc1.O=C(O)c1ccc(O)cc1.O=C(O)c1ccc(OCC2CO2)cc1.Oc1ccc(O)cc1. The summed E-state index contributed by atoms with van der Waals surface area (Å²) in [6, 6.07) is 37.5. The number of carboxylic acids is 2. The zero-order valence-corrected chi connectivity index (χ0v) is 35.4. The number of phenols is 4. The molecule has 6 aromatic carbocycles. The van der Waals surface area contributed by atoms with Gasteiger partial charge in [0.05, 0.1) is 36.2 Å². The van der Waals surface area contributed by atoms with E-state index in [2.05, 4.69) is 13.2 Å². The lowest BCUT2D eigenvalue weighted by molar-refractivity contribution is 0.0686. The standard InChI is InChI=1S/C18H16O5.C10H10O4.C9H10O2.C7H6O3.C6H6O2/c1-2-20-14-7-9-16(10-8-14)23-18(19)13-3-5-15(6-4-13)21-11-17-12-22-17;11-10(12)7-1-3-8(4-2-7)13-5-9-6-14-9;1-2-7-11-9-5-3-8(10)4-6-9;8-6-3-1-5(2-4-6)7(9)10;7-5-1-2-6(8)4-3-5/h2-10,17H,1,11-12H2;1-4,9H,5-6H2,(H,11,12);2-6,10H,1,7H2;1-4,8H,(H,9,10);1-4,7-8H. The molecule has 6 N–H and O–H groups in total. The van der Waals surface area contributed by atoms with E-state index in [4.69, 9.17) is 63.8 Å². The topological polar surface area (TPSA) is 244 Å². The van der Waals surface area contributed by atoms with Crippen molar-refractivity contribution in [1.29, 1.82) is 0 Å². The Morgan fingerprint density at radius 3 is 1.18 bits per heavy atom. The van der Waals surface area contributed by atoms with Gasteiger partial charge in [-0.2, -0.15) is 0 Å². The minimum absolute atomic E-state index is 0.0741. The highest BCUT2D eigenvalue weighted by Crippen LogP contribution is 2.21. The molecule has 16 nitrogen and oxygen atoms in total. The molecule has 6 aromatic rings. The monoisotopic (exact) mass is 904 g/mol. The molecule has 66 heavy (non-hydrogen) atoms. The number of aromatic carboxylic acids is 2. The lowest BCUT2D eigenvalue weighted by Gasteiger charge is -2.07. The number of carbonyl (C=O) groups excluding carboxylic acids is 1. The minimum atomic E-state index is -0.986. The third-order valence-corrected chi connectivity index (χ3v) is 8.29. The zero-order valence-electron chi connectivity index (χ0n) is 35.4. The smallest absolute Gasteiger partial charge is 0.343 e. The number of hydrogen-bond donors (Lipinski definition) is 6. The second-order valence-electron chi connectivity index (χ2n) is 13.5. The number of rotatable bonds is 15. The Labute approximate surface area is 380 Å². The van der Waals surface area contributed by atoms with E-state index in [1.54, 1.807) is 91.0 Å². The van der Waals surface area contributed by atoms with Crippen LogP contribution in [0, 0.1) is 0 Å². The van der Waals surface area contributed by atoms with Crippen LogP contribution in [0.2, 0.25) is 0 Å². The molecular weight excluding hydrogens is 857 g/mol. The van der Waals surface area contributed by atoms with Gasteiger partial charge in [-0.3, -0.25) is 0 Å². The summed E-state index contributed by atoms with van der Waals surface area (Å²) in [4.78, 5) is 32.8. The Morgan fingerprint density at radius 2 is 0.803 bits per heavy atom. The van der Waals surface area contributed by atoms with Crippen LogP contribution in [0.5, 0.6) is 51.7 Å². The summed E-state index contributed by atoms with van der Waals surface area (Å²) in [5.74, 6) is 1.49. The maximum atomic E-state index is 12.1. The summed E-state index contributed by atoms with van der Waals surface area (Å²) >= 11 is 0. The number of aromatic hydroxyl groups is 4. The van der Waals surface area contributed by atoms with Gasteiger partial charge >= 0.3 is 17.9 Å². The molecule has 0 amide bonds. The van der Waals surface area contributed by atoms with E-state index in [1.807, 2.05) is 0 Å². The Kier molecular flexibility index (Phi) is 20.4. The first-order chi connectivity index (χ1) is 31.8. The molecule has 8 rings (SSSR count). The first kappa shape index (κ1) is 50.2. The Morgan fingerprint density at radius 1 is 0.485 bits per heavy atom. The molecule has 0 aromatic heterocycles. The number of carbonyl (C=O) groups is 3. The van der Waals surface area contributed by atoms with Crippen molar-refractivity contribution in [1.82, 2.24) is 0 Å². The number of esters is 1. The normalized spacial score (nSPS) is 13.5. The van der Waals surface area contributed by atoms with Crippen molar-refractivity contribution in [3.8, 4) is 51.7 Å². The molecule has 2 aliphatic heterocycles. The predicted octanol–water partition coefficient (Wildman–Crippen LogP) is 8.51. The van der Waals surface area contributed by atoms with Gasteiger partial charge in [-0.15, -0.1) is 0 Å². The average molecular weight is 905 g/mol. The van der Waals surface area contributed by atoms with Crippen molar-refractivity contribution < 1.29 is 78.2 Å². The van der Waals surface area contributed by atoms with Crippen LogP contribution in [0.4, 0.5) is 0 Å². The van der Waals surface area contributed by atoms with Gasteiger partial charge in [0.1, 0.15) is 83.8 Å². The predicted molar refractivity (Wildman–Crippen MR) is 241 cm³/mol. The quantitative estimate of drug-likeness (QED) is 0.0141. The highest BCUT2D eigenvalue weighted by atomic mass is 16.6. The van der Waals surface area contributed by atoms with Crippen molar-refractivity contribution in [3.05, 3.63) is 188 Å². The van der Waals surface area contributed by atoms with Crippen LogP contribution in [0.1, 0.15) is 31.1 Å². The molecule has 0 bridgehead atoms. The van der Waals surface area contributed by atoms with Gasteiger partial charge in [0, 0.05) is 0 Å². The Hall–Kier alpha value is -8.47. The lowest BCUT2D eigenvalue weighted by Crippen LogP contribution is -2.09. The second-order valence-corrected chi connectivity index (χ2v) is 13.5. The van der Waals surface area contributed by atoms with Crippen molar-refractivity contribution in [2.24, 2.45) is 0 Å². The molecule has 2 aliphatic rings. The van der Waals surface area contributed by atoms with E-state index in [1.165, 1.54) is 66.9 Å². The van der Waals surface area contributed by atoms with E-state index >= 15 is 0 Å². The third-order valence-electron chi connectivity index (χ3n) is 8.29. The van der Waals surface area contributed by atoms with Gasteiger partial charge in [-0.1, -0.05) is 19.2 Å². The van der Waals surface area contributed by atoms with E-state index in [-0.39, 0.29) is 46.3 Å². The molecular formula is C50H48O16. The fourth-order valence-corrected chi connectivity index (χ4v) is 4.69. The van der Waals surface area contributed by atoms with Crippen LogP contribution in [-0.2, 0) is 9.47 Å².